The molecule has 8 rings (SSSR count). The molecule has 72 heavy (non-hydrogen) atoms. The van der Waals surface area contributed by atoms with Crippen molar-refractivity contribution in [2.45, 2.75) is 78.6 Å². The van der Waals surface area contributed by atoms with Gasteiger partial charge in [0.25, 0.3) is 23.3 Å². The first kappa shape index (κ1) is 51.1. The van der Waals surface area contributed by atoms with E-state index in [0.29, 0.717) is 43.6 Å². The summed E-state index contributed by atoms with van der Waals surface area (Å²) in [6, 6.07) is 17.9. The number of nitrogens with zero attached hydrogens (tertiary/aromatic N) is 4. The molecule has 7 amide bonds. The number of hydrogen-bond donors (Lipinski definition) is 4. The van der Waals surface area contributed by atoms with Crippen LogP contribution in [0.15, 0.2) is 65.5 Å². The first-order valence-electron chi connectivity index (χ1n) is 24.6. The Hall–Kier alpha value is -7.22. The van der Waals surface area contributed by atoms with Gasteiger partial charge in [-0.25, -0.2) is 0 Å². The number of fused-ring (bicyclic) bond motifs is 1. The van der Waals surface area contributed by atoms with E-state index in [1.165, 1.54) is 17.7 Å². The first-order valence-corrected chi connectivity index (χ1v) is 24.6. The number of nitrogens with one attached hydrogen (secondary N) is 4. The number of ether oxygens (including phenoxy) is 3. The van der Waals surface area contributed by atoms with Crippen molar-refractivity contribution in [3.05, 3.63) is 116 Å². The van der Waals surface area contributed by atoms with Gasteiger partial charge >= 0.3 is 0 Å². The molecule has 0 radical (unpaired) electrons. The summed E-state index contributed by atoms with van der Waals surface area (Å²) in [5.74, 6) is -3.43. The number of amides is 7. The average molecular weight is 987 g/mol. The molecular formula is C53H62N8O11. The largest absolute Gasteiger partial charge is 0.491 e. The molecule has 3 aromatic carbocycles. The molecule has 1 aromatic heterocycles. The number of morpholine rings is 1. The van der Waals surface area contributed by atoms with Crippen LogP contribution in [0.5, 0.6) is 5.75 Å². The van der Waals surface area contributed by atoms with Gasteiger partial charge in [0.1, 0.15) is 31.6 Å². The smallest absolute Gasteiger partial charge is 0.266 e. The topological polar surface area (TPSA) is 229 Å². The van der Waals surface area contributed by atoms with Crippen LogP contribution >= 0.6 is 0 Å². The summed E-state index contributed by atoms with van der Waals surface area (Å²) in [6.07, 6.45) is 1.35. The van der Waals surface area contributed by atoms with Crippen molar-refractivity contribution in [3.8, 4) is 16.9 Å². The van der Waals surface area contributed by atoms with Crippen molar-refractivity contribution >= 4 is 47.0 Å². The van der Waals surface area contributed by atoms with E-state index in [1.54, 1.807) is 11.0 Å². The highest BCUT2D eigenvalue weighted by atomic mass is 16.5. The van der Waals surface area contributed by atoms with Crippen molar-refractivity contribution in [2.75, 3.05) is 77.2 Å². The SMILES string of the molecule is CCN(c1cc(-c2ccc(CN3CCOCC3)cc2)cc(C(=O)NCc2c(C)cc(C)[nH]c2=O)c1C)C1CCN(C(=O)COCC(=O)NCCOc2cccc3c2C(=O)N(C2CCC(=O)NC2=O)C3=O)CC1. The number of H-pyrrole nitrogens is 1. The van der Waals surface area contributed by atoms with E-state index in [2.05, 4.69) is 68.0 Å². The molecule has 1 atom stereocenters. The standard InChI is InChI=1S/C53H62N8O11/c1-5-60(43-27-37(36-11-9-35(10-12-36)29-58-20-23-70-24-21-58)26-40(34(43)4)49(65)55-28-41-32(2)25-33(3)56-50(41)66)38-15-18-59(19-16-38)47(64)31-71-30-46(63)54-17-22-72-44-8-6-7-39-48(44)53(69)61(52(39)68)42-13-14-45(62)57-51(42)67/h6-12,25-27,38,42H,5,13-24,28-31H2,1-4H3,(H,54,63)(H,55,65)(H,56,66)(H,57,62,67). The number of likely N-dealkylation sites (tertiary alicyclic amines) is 1. The fourth-order valence-corrected chi connectivity index (χ4v) is 9.97. The summed E-state index contributed by atoms with van der Waals surface area (Å²) in [5.41, 5.74) is 7.18. The van der Waals surface area contributed by atoms with Gasteiger partial charge in [0.2, 0.25) is 23.6 Å². The Morgan fingerprint density at radius 2 is 1.60 bits per heavy atom. The maximum absolute atomic E-state index is 14.1. The van der Waals surface area contributed by atoms with Crippen LogP contribution in [-0.2, 0) is 41.7 Å². The van der Waals surface area contributed by atoms with Gasteiger partial charge in [0.05, 0.1) is 30.9 Å². The highest BCUT2D eigenvalue weighted by Gasteiger charge is 2.46. The molecule has 5 heterocycles. The Kier molecular flexibility index (Phi) is 16.3. The zero-order chi connectivity index (χ0) is 51.1. The predicted octanol–water partition coefficient (Wildman–Crippen LogP) is 3.16. The van der Waals surface area contributed by atoms with Gasteiger partial charge in [0.15, 0.2) is 0 Å². The van der Waals surface area contributed by atoms with Gasteiger partial charge in [0, 0.05) is 80.8 Å². The lowest BCUT2D eigenvalue weighted by Gasteiger charge is -2.40. The van der Waals surface area contributed by atoms with E-state index < -0.39 is 35.6 Å². The number of pyridine rings is 1. The zero-order valence-electron chi connectivity index (χ0n) is 41.2. The summed E-state index contributed by atoms with van der Waals surface area (Å²) >= 11 is 0. The predicted molar refractivity (Wildman–Crippen MR) is 265 cm³/mol. The van der Waals surface area contributed by atoms with Crippen LogP contribution in [-0.4, -0.2) is 145 Å². The van der Waals surface area contributed by atoms with Crippen molar-refractivity contribution in [2.24, 2.45) is 0 Å². The van der Waals surface area contributed by atoms with Gasteiger partial charge < -0.3 is 39.6 Å². The number of rotatable bonds is 18. The van der Waals surface area contributed by atoms with Gasteiger partial charge in [-0.3, -0.25) is 53.5 Å². The van der Waals surface area contributed by atoms with Gasteiger partial charge in [-0.2, -0.15) is 0 Å². The number of carbonyl (C=O) groups is 7. The molecule has 0 saturated carbocycles. The Morgan fingerprint density at radius 3 is 2.31 bits per heavy atom. The van der Waals surface area contributed by atoms with Crippen LogP contribution in [0.3, 0.4) is 0 Å². The second-order valence-corrected chi connectivity index (χ2v) is 18.6. The average Bonchev–Trinajstić information content (AvgIpc) is 3.62. The highest BCUT2D eigenvalue weighted by molar-refractivity contribution is 6.24. The number of aryl methyl sites for hydroxylation is 2. The molecule has 4 N–H and O–H groups in total. The molecule has 19 heteroatoms. The summed E-state index contributed by atoms with van der Waals surface area (Å²) in [5, 5.41) is 7.85. The summed E-state index contributed by atoms with van der Waals surface area (Å²) in [7, 11) is 0. The molecular weight excluding hydrogens is 925 g/mol. The van der Waals surface area contributed by atoms with Crippen molar-refractivity contribution in [3.63, 3.8) is 0 Å². The minimum atomic E-state index is -1.11. The number of aromatic nitrogens is 1. The maximum atomic E-state index is 14.1. The van der Waals surface area contributed by atoms with Crippen LogP contribution in [0.25, 0.3) is 11.1 Å². The third kappa shape index (κ3) is 11.6. The van der Waals surface area contributed by atoms with Crippen molar-refractivity contribution in [1.29, 1.82) is 0 Å². The number of imide groups is 2. The maximum Gasteiger partial charge on any atom is 0.266 e. The molecule has 0 spiro atoms. The van der Waals surface area contributed by atoms with Crippen molar-refractivity contribution < 1.29 is 47.8 Å². The van der Waals surface area contributed by atoms with E-state index in [9.17, 15) is 38.4 Å². The molecule has 3 fully saturated rings. The normalized spacial score (nSPS) is 17.4. The number of anilines is 1. The molecule has 4 aromatic rings. The summed E-state index contributed by atoms with van der Waals surface area (Å²) < 4.78 is 16.8. The molecule has 4 aliphatic heterocycles. The van der Waals surface area contributed by atoms with E-state index in [-0.39, 0.29) is 86.0 Å². The molecule has 3 saturated heterocycles. The van der Waals surface area contributed by atoms with Crippen molar-refractivity contribution in [1.82, 2.24) is 35.6 Å². The number of carbonyl (C=O) groups excluding carboxylic acids is 7. The lowest BCUT2D eigenvalue weighted by molar-refractivity contribution is -0.139. The third-order valence-corrected chi connectivity index (χ3v) is 13.8. The number of benzene rings is 3. The fraction of sp³-hybridized carbons (Fsp3) is 0.434. The zero-order valence-corrected chi connectivity index (χ0v) is 41.2. The monoisotopic (exact) mass is 986 g/mol. The quantitative estimate of drug-likeness (QED) is 0.0831. The minimum Gasteiger partial charge on any atom is -0.491 e. The Bertz CT molecular complexity index is 2800. The molecule has 380 valence electrons. The molecule has 19 nitrogen and oxygen atoms in total. The van der Waals surface area contributed by atoms with Crippen LogP contribution in [0.4, 0.5) is 5.69 Å². The van der Waals surface area contributed by atoms with Gasteiger partial charge in [-0.05, 0) is 105 Å². The Labute approximate surface area is 417 Å². The lowest BCUT2D eigenvalue weighted by atomic mass is 9.94. The molecule has 4 aliphatic rings. The van der Waals surface area contributed by atoms with Crippen LogP contribution in [0.2, 0.25) is 0 Å². The van der Waals surface area contributed by atoms with Crippen LogP contribution in [0.1, 0.15) is 91.6 Å². The number of piperidine rings is 2. The molecule has 0 bridgehead atoms. The number of aromatic amines is 1. The van der Waals surface area contributed by atoms with Crippen LogP contribution in [0, 0.1) is 20.8 Å². The Balaban J connectivity index is 0.846. The van der Waals surface area contributed by atoms with E-state index in [0.717, 1.165) is 71.4 Å². The third-order valence-electron chi connectivity index (χ3n) is 13.8. The van der Waals surface area contributed by atoms with E-state index >= 15 is 0 Å². The lowest BCUT2D eigenvalue weighted by Crippen LogP contribution is -2.54. The Morgan fingerprint density at radius 1 is 0.847 bits per heavy atom. The summed E-state index contributed by atoms with van der Waals surface area (Å²) in [4.78, 5) is 114. The first-order chi connectivity index (χ1) is 34.7. The fourth-order valence-electron chi connectivity index (χ4n) is 9.97. The number of hydrogen-bond acceptors (Lipinski definition) is 13. The van der Waals surface area contributed by atoms with E-state index in [4.69, 9.17) is 14.2 Å². The summed E-state index contributed by atoms with van der Waals surface area (Å²) in [6.45, 7) is 12.7. The van der Waals surface area contributed by atoms with Gasteiger partial charge in [-0.1, -0.05) is 30.3 Å². The molecule has 0 aliphatic carbocycles. The second-order valence-electron chi connectivity index (χ2n) is 18.6. The van der Waals surface area contributed by atoms with Gasteiger partial charge in [-0.15, -0.1) is 0 Å². The minimum absolute atomic E-state index is 0.0000297. The van der Waals surface area contributed by atoms with E-state index in [1.807, 2.05) is 32.9 Å². The highest BCUT2D eigenvalue weighted by Crippen LogP contribution is 2.36. The second kappa shape index (κ2) is 22.9. The molecule has 1 unspecified atom stereocenters. The van der Waals surface area contributed by atoms with Crippen LogP contribution < -0.4 is 31.1 Å².